The monoisotopic (exact) mass is 872 g/mol. The number of rotatable bonds is 43. The smallest absolute Gasteiger partial charge is 0.306 e. The van der Waals surface area contributed by atoms with E-state index in [0.29, 0.717) is 19.3 Å². The van der Waals surface area contributed by atoms with Crippen LogP contribution in [0.1, 0.15) is 201 Å². The molecule has 0 heterocycles. The maximum atomic E-state index is 13.2. The standard InChI is InChI=1S/C57H93NO5/c1-4-7-10-13-16-19-22-25-26-27-28-29-30-32-35-38-41-44-47-50-57(62)63-53(48-45-42-39-36-33-31-23-20-17-14-11-8-5-2)51-56(61)58-54(52-59)55(60)49-46-43-40-37-34-24-21-18-15-12-9-6-3/h7-8,10-11,14,16-17,19-20,23,25-26,28-29,31-33,35,41,44,53-55,59-60H,4-6,9,12-13,15,18,21-22,24,27,30,34,36-40,42-43,45-52H2,1-3H3,(H,58,61)/b10-7-,11-8+,17-14+,19-16-,23-20+,26-25-,29-28-,33-31-,35-32-,44-41-. The van der Waals surface area contributed by atoms with Crippen LogP contribution >= 0.6 is 0 Å². The zero-order valence-corrected chi connectivity index (χ0v) is 40.4. The zero-order valence-electron chi connectivity index (χ0n) is 40.4. The first-order valence-electron chi connectivity index (χ1n) is 25.3. The molecule has 0 bridgehead atoms. The van der Waals surface area contributed by atoms with Crippen LogP contribution < -0.4 is 5.32 Å². The molecule has 0 aromatic carbocycles. The predicted molar refractivity (Wildman–Crippen MR) is 273 cm³/mol. The van der Waals surface area contributed by atoms with Crippen molar-refractivity contribution in [2.24, 2.45) is 0 Å². The molecule has 3 unspecified atom stereocenters. The Morgan fingerprint density at radius 3 is 1.46 bits per heavy atom. The summed E-state index contributed by atoms with van der Waals surface area (Å²) in [5, 5.41) is 23.7. The molecule has 0 aliphatic carbocycles. The average Bonchev–Trinajstić information content (AvgIpc) is 3.28. The van der Waals surface area contributed by atoms with Crippen LogP contribution in [0.5, 0.6) is 0 Å². The highest BCUT2D eigenvalue weighted by molar-refractivity contribution is 5.77. The van der Waals surface area contributed by atoms with Gasteiger partial charge in [-0.05, 0) is 83.5 Å². The highest BCUT2D eigenvalue weighted by Crippen LogP contribution is 2.16. The maximum Gasteiger partial charge on any atom is 0.306 e. The molecule has 3 N–H and O–H groups in total. The Balaban J connectivity index is 4.78. The van der Waals surface area contributed by atoms with Crippen molar-refractivity contribution in [2.45, 2.75) is 219 Å². The van der Waals surface area contributed by atoms with Gasteiger partial charge in [-0.15, -0.1) is 0 Å². The van der Waals surface area contributed by atoms with Crippen LogP contribution in [0.2, 0.25) is 0 Å². The fraction of sp³-hybridized carbons (Fsp3) is 0.614. The van der Waals surface area contributed by atoms with E-state index in [1.54, 1.807) is 0 Å². The van der Waals surface area contributed by atoms with Crippen LogP contribution in [0.3, 0.4) is 0 Å². The Labute approximate surface area is 387 Å². The summed E-state index contributed by atoms with van der Waals surface area (Å²) in [6, 6.07) is -0.737. The maximum absolute atomic E-state index is 13.2. The average molecular weight is 872 g/mol. The van der Waals surface area contributed by atoms with Crippen LogP contribution in [-0.2, 0) is 14.3 Å². The first kappa shape index (κ1) is 59.3. The van der Waals surface area contributed by atoms with E-state index >= 15 is 0 Å². The van der Waals surface area contributed by atoms with E-state index in [2.05, 4.69) is 111 Å². The molecule has 356 valence electrons. The SMILES string of the molecule is CC/C=C\C/C=C\C/C=C\C/C=C\C/C=C\C/C=C\CCC(=O)OC(CCCCC\C=C/C=C/C=C/C=C/CC)CC(=O)NC(CO)C(O)CCCCCCCCCCCCCC. The van der Waals surface area contributed by atoms with Crippen LogP contribution in [0.15, 0.2) is 122 Å². The second kappa shape index (κ2) is 49.3. The van der Waals surface area contributed by atoms with Gasteiger partial charge in [-0.25, -0.2) is 0 Å². The molecule has 0 radical (unpaired) electrons. The van der Waals surface area contributed by atoms with Crippen molar-refractivity contribution in [1.29, 1.82) is 0 Å². The van der Waals surface area contributed by atoms with Gasteiger partial charge in [0.15, 0.2) is 0 Å². The number of carbonyl (C=O) groups is 2. The van der Waals surface area contributed by atoms with Gasteiger partial charge < -0.3 is 20.3 Å². The lowest BCUT2D eigenvalue weighted by atomic mass is 10.0. The molecule has 0 rings (SSSR count). The van der Waals surface area contributed by atoms with E-state index in [9.17, 15) is 19.8 Å². The van der Waals surface area contributed by atoms with Crippen LogP contribution in [0.25, 0.3) is 0 Å². The third-order valence-electron chi connectivity index (χ3n) is 10.6. The van der Waals surface area contributed by atoms with E-state index < -0.39 is 18.2 Å². The topological polar surface area (TPSA) is 95.9 Å². The summed E-state index contributed by atoms with van der Waals surface area (Å²) in [6.07, 6.45) is 68.4. The summed E-state index contributed by atoms with van der Waals surface area (Å²) in [6.45, 7) is 6.18. The summed E-state index contributed by atoms with van der Waals surface area (Å²) >= 11 is 0. The summed E-state index contributed by atoms with van der Waals surface area (Å²) in [7, 11) is 0. The number of esters is 1. The van der Waals surface area contributed by atoms with Gasteiger partial charge in [-0.3, -0.25) is 9.59 Å². The van der Waals surface area contributed by atoms with Gasteiger partial charge in [0, 0.05) is 6.42 Å². The number of hydrogen-bond donors (Lipinski definition) is 3. The molecule has 0 saturated carbocycles. The molecular formula is C57H93NO5. The number of aliphatic hydroxyl groups excluding tert-OH is 2. The minimum Gasteiger partial charge on any atom is -0.462 e. The summed E-state index contributed by atoms with van der Waals surface area (Å²) < 4.78 is 5.86. The van der Waals surface area contributed by atoms with Gasteiger partial charge in [0.2, 0.25) is 5.91 Å². The first-order chi connectivity index (χ1) is 31.0. The van der Waals surface area contributed by atoms with Crippen molar-refractivity contribution in [2.75, 3.05) is 6.61 Å². The minimum atomic E-state index is -0.818. The van der Waals surface area contributed by atoms with E-state index in [1.165, 1.54) is 57.8 Å². The number of amides is 1. The van der Waals surface area contributed by atoms with Crippen molar-refractivity contribution in [1.82, 2.24) is 5.32 Å². The lowest BCUT2D eigenvalue weighted by Gasteiger charge is -2.24. The molecule has 6 heteroatoms. The van der Waals surface area contributed by atoms with Gasteiger partial charge in [-0.1, -0.05) is 226 Å². The third kappa shape index (κ3) is 44.7. The lowest BCUT2D eigenvalue weighted by Crippen LogP contribution is -2.46. The molecule has 0 spiro atoms. The number of unbranched alkanes of at least 4 members (excludes halogenated alkanes) is 14. The summed E-state index contributed by atoms with van der Waals surface area (Å²) in [5.74, 6) is -0.626. The van der Waals surface area contributed by atoms with Crippen molar-refractivity contribution in [3.8, 4) is 0 Å². The molecule has 0 aromatic heterocycles. The van der Waals surface area contributed by atoms with Crippen molar-refractivity contribution in [3.63, 3.8) is 0 Å². The highest BCUT2D eigenvalue weighted by atomic mass is 16.5. The molecule has 0 saturated heterocycles. The minimum absolute atomic E-state index is 0.0130. The van der Waals surface area contributed by atoms with Crippen molar-refractivity contribution < 1.29 is 24.5 Å². The number of allylic oxidation sites excluding steroid dienone is 20. The van der Waals surface area contributed by atoms with Crippen LogP contribution in [0.4, 0.5) is 0 Å². The Kier molecular flexibility index (Phi) is 46.4. The Morgan fingerprint density at radius 1 is 0.492 bits per heavy atom. The number of nitrogens with one attached hydrogen (secondary N) is 1. The van der Waals surface area contributed by atoms with Crippen molar-refractivity contribution in [3.05, 3.63) is 122 Å². The van der Waals surface area contributed by atoms with Crippen molar-refractivity contribution >= 4 is 11.9 Å². The quantitative estimate of drug-likeness (QED) is 0.0245. The fourth-order valence-electron chi connectivity index (χ4n) is 6.88. The van der Waals surface area contributed by atoms with Gasteiger partial charge in [-0.2, -0.15) is 0 Å². The molecule has 0 fully saturated rings. The lowest BCUT2D eigenvalue weighted by molar-refractivity contribution is -0.150. The Bertz CT molecular complexity index is 1350. The second-order valence-electron chi connectivity index (χ2n) is 16.5. The normalized spacial score (nSPS) is 14.3. The third-order valence-corrected chi connectivity index (χ3v) is 10.6. The number of hydrogen-bond acceptors (Lipinski definition) is 5. The second-order valence-corrected chi connectivity index (χ2v) is 16.5. The Hall–Kier alpha value is -3.74. The molecule has 0 aromatic rings. The summed E-state index contributed by atoms with van der Waals surface area (Å²) in [5.41, 5.74) is 0. The highest BCUT2D eigenvalue weighted by Gasteiger charge is 2.24. The van der Waals surface area contributed by atoms with Gasteiger partial charge in [0.25, 0.3) is 0 Å². The predicted octanol–water partition coefficient (Wildman–Crippen LogP) is 15.3. The first-order valence-corrected chi connectivity index (χ1v) is 25.3. The molecule has 0 aliphatic rings. The Morgan fingerprint density at radius 2 is 0.937 bits per heavy atom. The molecule has 63 heavy (non-hydrogen) atoms. The van der Waals surface area contributed by atoms with Crippen LogP contribution in [-0.4, -0.2) is 46.9 Å². The number of carbonyl (C=O) groups excluding carboxylic acids is 2. The van der Waals surface area contributed by atoms with Gasteiger partial charge in [0.1, 0.15) is 6.10 Å². The van der Waals surface area contributed by atoms with E-state index in [0.717, 1.165) is 89.9 Å². The largest absolute Gasteiger partial charge is 0.462 e. The molecule has 1 amide bonds. The molecule has 3 atom stereocenters. The van der Waals surface area contributed by atoms with E-state index in [4.69, 9.17) is 4.74 Å². The van der Waals surface area contributed by atoms with E-state index in [1.807, 2.05) is 36.5 Å². The molecule has 0 aliphatic heterocycles. The van der Waals surface area contributed by atoms with Crippen LogP contribution in [0, 0.1) is 0 Å². The summed E-state index contributed by atoms with van der Waals surface area (Å²) in [4.78, 5) is 26.1. The number of aliphatic hydroxyl groups is 2. The molecular weight excluding hydrogens is 779 g/mol. The fourth-order valence-corrected chi connectivity index (χ4v) is 6.88. The molecule has 6 nitrogen and oxygen atoms in total. The van der Waals surface area contributed by atoms with Gasteiger partial charge >= 0.3 is 5.97 Å². The van der Waals surface area contributed by atoms with Gasteiger partial charge in [0.05, 0.1) is 25.2 Å². The van der Waals surface area contributed by atoms with E-state index in [-0.39, 0.29) is 31.3 Å². The number of ether oxygens (including phenoxy) is 1. The zero-order chi connectivity index (χ0) is 45.9.